The SMILES string of the molecule is CC(C)NS(=O)(=O)Cc1ccc(CNC/C=C/c2ccccc2)cc1. The molecule has 0 aliphatic carbocycles. The van der Waals surface area contributed by atoms with Crippen molar-refractivity contribution in [2.24, 2.45) is 0 Å². The van der Waals surface area contributed by atoms with Gasteiger partial charge in [0, 0.05) is 19.1 Å². The number of nitrogens with one attached hydrogen (secondary N) is 2. The van der Waals surface area contributed by atoms with Crippen molar-refractivity contribution < 1.29 is 8.42 Å². The topological polar surface area (TPSA) is 58.2 Å². The van der Waals surface area contributed by atoms with Crippen molar-refractivity contribution in [3.05, 3.63) is 77.4 Å². The Kier molecular flexibility index (Phi) is 7.37. The van der Waals surface area contributed by atoms with Crippen LogP contribution in [-0.2, 0) is 22.3 Å². The van der Waals surface area contributed by atoms with Gasteiger partial charge < -0.3 is 5.32 Å². The van der Waals surface area contributed by atoms with E-state index in [1.54, 1.807) is 0 Å². The average Bonchev–Trinajstić information content (AvgIpc) is 2.55. The molecular formula is C20H26N2O2S. The second-order valence-electron chi connectivity index (χ2n) is 6.29. The first-order valence-corrected chi connectivity index (χ1v) is 10.1. The van der Waals surface area contributed by atoms with Gasteiger partial charge in [-0.05, 0) is 30.5 Å². The Morgan fingerprint density at radius 3 is 2.24 bits per heavy atom. The van der Waals surface area contributed by atoms with Crippen LogP contribution >= 0.6 is 0 Å². The second kappa shape index (κ2) is 9.51. The molecule has 0 aliphatic heterocycles. The zero-order valence-corrected chi connectivity index (χ0v) is 15.6. The normalized spacial score (nSPS) is 12.1. The van der Waals surface area contributed by atoms with Gasteiger partial charge in [0.1, 0.15) is 0 Å². The van der Waals surface area contributed by atoms with Crippen molar-refractivity contribution in [3.63, 3.8) is 0 Å². The number of rotatable bonds is 9. The molecule has 2 N–H and O–H groups in total. The second-order valence-corrected chi connectivity index (χ2v) is 8.05. The van der Waals surface area contributed by atoms with E-state index in [1.807, 2.05) is 56.3 Å². The van der Waals surface area contributed by atoms with Crippen molar-refractivity contribution in [2.45, 2.75) is 32.2 Å². The predicted octanol–water partition coefficient (Wildman–Crippen LogP) is 3.32. The number of benzene rings is 2. The molecule has 0 aliphatic rings. The summed E-state index contributed by atoms with van der Waals surface area (Å²) in [6.07, 6.45) is 4.18. The molecule has 25 heavy (non-hydrogen) atoms. The van der Waals surface area contributed by atoms with E-state index in [0.717, 1.165) is 24.2 Å². The fourth-order valence-corrected chi connectivity index (χ4v) is 3.87. The van der Waals surface area contributed by atoms with E-state index < -0.39 is 10.0 Å². The van der Waals surface area contributed by atoms with E-state index >= 15 is 0 Å². The summed E-state index contributed by atoms with van der Waals surface area (Å²) in [5.74, 6) is 0.0126. The van der Waals surface area contributed by atoms with Crippen LogP contribution in [0.4, 0.5) is 0 Å². The standard InChI is InChI=1S/C20H26N2O2S/c1-17(2)22-25(23,24)16-20-12-10-19(11-13-20)15-21-14-6-9-18-7-4-3-5-8-18/h3-13,17,21-22H,14-16H2,1-2H3/b9-6+. The highest BCUT2D eigenvalue weighted by Gasteiger charge is 2.12. The third-order valence-corrected chi connectivity index (χ3v) is 5.04. The third kappa shape index (κ3) is 7.65. The van der Waals surface area contributed by atoms with Gasteiger partial charge in [-0.3, -0.25) is 0 Å². The molecule has 0 saturated carbocycles. The van der Waals surface area contributed by atoms with Crippen LogP contribution in [0, 0.1) is 0 Å². The minimum absolute atomic E-state index is 0.0126. The maximum Gasteiger partial charge on any atom is 0.216 e. The number of hydrogen-bond donors (Lipinski definition) is 2. The first kappa shape index (κ1) is 19.4. The molecule has 0 aromatic heterocycles. The summed E-state index contributed by atoms with van der Waals surface area (Å²) in [5.41, 5.74) is 3.11. The van der Waals surface area contributed by atoms with Crippen LogP contribution in [0.1, 0.15) is 30.5 Å². The van der Waals surface area contributed by atoms with Gasteiger partial charge in [-0.25, -0.2) is 13.1 Å². The largest absolute Gasteiger partial charge is 0.309 e. The van der Waals surface area contributed by atoms with Crippen molar-refractivity contribution in [1.82, 2.24) is 10.0 Å². The lowest BCUT2D eigenvalue weighted by molar-refractivity contribution is 0.569. The van der Waals surface area contributed by atoms with Crippen LogP contribution in [0.25, 0.3) is 6.08 Å². The zero-order valence-electron chi connectivity index (χ0n) is 14.8. The molecule has 2 rings (SSSR count). The molecule has 5 heteroatoms. The number of hydrogen-bond acceptors (Lipinski definition) is 3. The van der Waals surface area contributed by atoms with Gasteiger partial charge in [-0.2, -0.15) is 0 Å². The molecule has 0 bridgehead atoms. The van der Waals surface area contributed by atoms with Gasteiger partial charge in [-0.15, -0.1) is 0 Å². The molecular weight excluding hydrogens is 332 g/mol. The van der Waals surface area contributed by atoms with Crippen molar-refractivity contribution in [2.75, 3.05) is 6.54 Å². The van der Waals surface area contributed by atoms with Crippen LogP contribution < -0.4 is 10.0 Å². The minimum Gasteiger partial charge on any atom is -0.309 e. The highest BCUT2D eigenvalue weighted by atomic mass is 32.2. The van der Waals surface area contributed by atoms with E-state index in [0.29, 0.717) is 0 Å². The Hall–Kier alpha value is -1.95. The average molecular weight is 359 g/mol. The Bertz CT molecular complexity index is 767. The molecule has 0 fully saturated rings. The monoisotopic (exact) mass is 358 g/mol. The lowest BCUT2D eigenvalue weighted by Crippen LogP contribution is -2.31. The molecule has 2 aromatic carbocycles. The molecule has 0 spiro atoms. The van der Waals surface area contributed by atoms with E-state index in [-0.39, 0.29) is 11.8 Å². The summed E-state index contributed by atoms with van der Waals surface area (Å²) in [6, 6.07) is 17.8. The van der Waals surface area contributed by atoms with E-state index in [2.05, 4.69) is 34.3 Å². The predicted molar refractivity (Wildman–Crippen MR) is 105 cm³/mol. The van der Waals surface area contributed by atoms with Crippen LogP contribution in [0.5, 0.6) is 0 Å². The van der Waals surface area contributed by atoms with Crippen LogP contribution in [0.3, 0.4) is 0 Å². The fourth-order valence-electron chi connectivity index (χ4n) is 2.43. The molecule has 2 aromatic rings. The maximum absolute atomic E-state index is 11.9. The quantitative estimate of drug-likeness (QED) is 0.676. The molecule has 0 saturated heterocycles. The minimum atomic E-state index is -3.27. The van der Waals surface area contributed by atoms with Crippen molar-refractivity contribution >= 4 is 16.1 Å². The summed E-state index contributed by atoms with van der Waals surface area (Å²) < 4.78 is 26.4. The van der Waals surface area contributed by atoms with Gasteiger partial charge in [0.2, 0.25) is 10.0 Å². The number of sulfonamides is 1. The fraction of sp³-hybridized carbons (Fsp3) is 0.300. The summed E-state index contributed by atoms with van der Waals surface area (Å²) >= 11 is 0. The maximum atomic E-state index is 11.9. The Labute approximate surface area is 151 Å². The van der Waals surface area contributed by atoms with Crippen LogP contribution in [0.2, 0.25) is 0 Å². The molecule has 134 valence electrons. The van der Waals surface area contributed by atoms with Crippen molar-refractivity contribution in [3.8, 4) is 0 Å². The Morgan fingerprint density at radius 2 is 1.60 bits per heavy atom. The van der Waals surface area contributed by atoms with Gasteiger partial charge in [-0.1, -0.05) is 66.7 Å². The first-order valence-electron chi connectivity index (χ1n) is 8.45. The van der Waals surface area contributed by atoms with Gasteiger partial charge in [0.25, 0.3) is 0 Å². The van der Waals surface area contributed by atoms with Crippen LogP contribution in [-0.4, -0.2) is 21.0 Å². The Morgan fingerprint density at radius 1 is 0.960 bits per heavy atom. The summed E-state index contributed by atoms with van der Waals surface area (Å²) in [7, 11) is -3.27. The van der Waals surface area contributed by atoms with Gasteiger partial charge in [0.15, 0.2) is 0 Å². The zero-order chi connectivity index (χ0) is 18.1. The molecule has 0 atom stereocenters. The van der Waals surface area contributed by atoms with Gasteiger partial charge >= 0.3 is 0 Å². The molecule has 0 amide bonds. The Balaban J connectivity index is 1.78. The van der Waals surface area contributed by atoms with E-state index in [4.69, 9.17) is 0 Å². The molecule has 0 radical (unpaired) electrons. The molecule has 4 nitrogen and oxygen atoms in total. The highest BCUT2D eigenvalue weighted by Crippen LogP contribution is 2.08. The van der Waals surface area contributed by atoms with Crippen molar-refractivity contribution in [1.29, 1.82) is 0 Å². The highest BCUT2D eigenvalue weighted by molar-refractivity contribution is 7.88. The molecule has 0 unspecified atom stereocenters. The summed E-state index contributed by atoms with van der Waals surface area (Å²) in [5, 5.41) is 3.35. The summed E-state index contributed by atoms with van der Waals surface area (Å²) in [4.78, 5) is 0. The van der Waals surface area contributed by atoms with Gasteiger partial charge in [0.05, 0.1) is 5.75 Å². The smallest absolute Gasteiger partial charge is 0.216 e. The third-order valence-electron chi connectivity index (χ3n) is 3.50. The van der Waals surface area contributed by atoms with Crippen LogP contribution in [0.15, 0.2) is 60.7 Å². The lowest BCUT2D eigenvalue weighted by atomic mass is 10.1. The lowest BCUT2D eigenvalue weighted by Gasteiger charge is -2.10. The molecule has 0 heterocycles. The first-order chi connectivity index (χ1) is 11.9. The van der Waals surface area contributed by atoms with E-state index in [9.17, 15) is 8.42 Å². The summed E-state index contributed by atoms with van der Waals surface area (Å²) in [6.45, 7) is 5.16. The van der Waals surface area contributed by atoms with E-state index in [1.165, 1.54) is 5.56 Å².